The summed E-state index contributed by atoms with van der Waals surface area (Å²) in [5, 5.41) is 23.5. The number of carboxylic acid groups (broad SMARTS) is 1. The Bertz CT molecular complexity index is 694. The Balaban J connectivity index is 2.70. The molecular formula is C13H13ClN2O4. The summed E-state index contributed by atoms with van der Waals surface area (Å²) in [6.45, 7) is 1.72. The van der Waals surface area contributed by atoms with Gasteiger partial charge in [-0.25, -0.2) is 4.79 Å². The quantitative estimate of drug-likeness (QED) is 0.909. The Labute approximate surface area is 120 Å². The monoisotopic (exact) mass is 296 g/mol. The smallest absolute Gasteiger partial charge is 0.356 e. The second-order valence-electron chi connectivity index (χ2n) is 4.26. The molecule has 1 aromatic carbocycles. The van der Waals surface area contributed by atoms with Crippen LogP contribution in [0.2, 0.25) is 5.02 Å². The fraction of sp³-hybridized carbons (Fsp3) is 0.231. The van der Waals surface area contributed by atoms with Crippen LogP contribution in [0.1, 0.15) is 16.1 Å². The van der Waals surface area contributed by atoms with Crippen LogP contribution in [-0.2, 0) is 7.05 Å². The summed E-state index contributed by atoms with van der Waals surface area (Å²) in [5.74, 6) is -0.989. The minimum atomic E-state index is -1.14. The van der Waals surface area contributed by atoms with Crippen LogP contribution in [0.25, 0.3) is 11.3 Å². The predicted octanol–water partition coefficient (Wildman–Crippen LogP) is 2.46. The number of carbonyl (C=O) groups is 1. The molecule has 0 fully saturated rings. The zero-order chi connectivity index (χ0) is 15.0. The molecule has 2 aromatic rings. The number of aromatic nitrogens is 2. The number of methoxy groups -OCH3 is 1. The van der Waals surface area contributed by atoms with Gasteiger partial charge in [-0.2, -0.15) is 5.10 Å². The number of rotatable bonds is 3. The van der Waals surface area contributed by atoms with Gasteiger partial charge in [-0.3, -0.25) is 4.68 Å². The van der Waals surface area contributed by atoms with Crippen LogP contribution in [0.3, 0.4) is 0 Å². The minimum absolute atomic E-state index is 0.102. The van der Waals surface area contributed by atoms with Crippen LogP contribution in [-0.4, -0.2) is 33.1 Å². The van der Waals surface area contributed by atoms with Gasteiger partial charge in [-0.15, -0.1) is 0 Å². The lowest BCUT2D eigenvalue weighted by Gasteiger charge is -2.13. The number of halogens is 1. The van der Waals surface area contributed by atoms with Crippen molar-refractivity contribution < 1.29 is 19.7 Å². The molecule has 1 heterocycles. The first kappa shape index (κ1) is 14.2. The first-order valence-corrected chi connectivity index (χ1v) is 6.08. The Morgan fingerprint density at radius 1 is 1.45 bits per heavy atom. The van der Waals surface area contributed by atoms with Gasteiger partial charge in [0.2, 0.25) is 0 Å². The third-order valence-corrected chi connectivity index (χ3v) is 3.41. The SMILES string of the molecule is COc1c(C)c(Cl)cc(-c2cc(C(=O)O)nn2C)c1O. The predicted molar refractivity (Wildman–Crippen MR) is 73.6 cm³/mol. The first-order valence-electron chi connectivity index (χ1n) is 5.70. The molecule has 7 heteroatoms. The number of hydrogen-bond donors (Lipinski definition) is 2. The third kappa shape index (κ3) is 2.18. The minimum Gasteiger partial charge on any atom is -0.504 e. The van der Waals surface area contributed by atoms with Crippen LogP contribution in [0.4, 0.5) is 0 Å². The molecule has 0 spiro atoms. The molecule has 0 atom stereocenters. The number of ether oxygens (including phenoxy) is 1. The van der Waals surface area contributed by atoms with Crippen molar-refractivity contribution in [1.29, 1.82) is 0 Å². The van der Waals surface area contributed by atoms with Gasteiger partial charge in [-0.05, 0) is 19.1 Å². The zero-order valence-electron chi connectivity index (χ0n) is 11.1. The zero-order valence-corrected chi connectivity index (χ0v) is 11.9. The molecule has 106 valence electrons. The Kier molecular flexibility index (Phi) is 3.59. The van der Waals surface area contributed by atoms with E-state index in [1.165, 1.54) is 17.9 Å². The van der Waals surface area contributed by atoms with Crippen molar-refractivity contribution in [2.24, 2.45) is 7.05 Å². The van der Waals surface area contributed by atoms with Gasteiger partial charge >= 0.3 is 5.97 Å². The number of aromatic carboxylic acids is 1. The molecule has 2 N–H and O–H groups in total. The summed E-state index contributed by atoms with van der Waals surface area (Å²) in [6, 6.07) is 2.92. The molecule has 0 aliphatic heterocycles. The molecule has 1 aromatic heterocycles. The summed E-state index contributed by atoms with van der Waals surface area (Å²) in [7, 11) is 3.01. The van der Waals surface area contributed by atoms with Crippen molar-refractivity contribution in [3.8, 4) is 22.8 Å². The molecular weight excluding hydrogens is 284 g/mol. The molecule has 0 radical (unpaired) electrons. The van der Waals surface area contributed by atoms with Crippen molar-refractivity contribution in [2.45, 2.75) is 6.92 Å². The number of aromatic hydroxyl groups is 1. The van der Waals surface area contributed by atoms with Gasteiger partial charge in [0.05, 0.1) is 12.8 Å². The largest absolute Gasteiger partial charge is 0.504 e. The summed E-state index contributed by atoms with van der Waals surface area (Å²) >= 11 is 6.10. The lowest BCUT2D eigenvalue weighted by Crippen LogP contribution is -1.99. The van der Waals surface area contributed by atoms with Gasteiger partial charge in [0.15, 0.2) is 17.2 Å². The van der Waals surface area contributed by atoms with Crippen LogP contribution >= 0.6 is 11.6 Å². The second kappa shape index (κ2) is 5.05. The fourth-order valence-electron chi connectivity index (χ4n) is 1.98. The summed E-state index contributed by atoms with van der Waals surface area (Å²) in [5.41, 5.74) is 1.29. The van der Waals surface area contributed by atoms with E-state index in [2.05, 4.69) is 5.10 Å². The molecule has 20 heavy (non-hydrogen) atoms. The number of phenols is 1. The van der Waals surface area contributed by atoms with Gasteiger partial charge in [-0.1, -0.05) is 11.6 Å². The van der Waals surface area contributed by atoms with Crippen LogP contribution in [0.15, 0.2) is 12.1 Å². The number of carboxylic acids is 1. The third-order valence-electron chi connectivity index (χ3n) is 3.02. The molecule has 0 bridgehead atoms. The number of phenolic OH excluding ortho intramolecular Hbond substituents is 1. The van der Waals surface area contributed by atoms with Crippen molar-refractivity contribution in [2.75, 3.05) is 7.11 Å². The molecule has 0 unspecified atom stereocenters. The highest BCUT2D eigenvalue weighted by Gasteiger charge is 2.20. The molecule has 2 rings (SSSR count). The van der Waals surface area contributed by atoms with E-state index in [0.29, 0.717) is 21.8 Å². The van der Waals surface area contributed by atoms with E-state index in [9.17, 15) is 9.90 Å². The maximum atomic E-state index is 10.9. The van der Waals surface area contributed by atoms with Crippen LogP contribution < -0.4 is 4.74 Å². The molecule has 0 aliphatic rings. The Morgan fingerprint density at radius 2 is 2.10 bits per heavy atom. The molecule has 0 aliphatic carbocycles. The average molecular weight is 297 g/mol. The van der Waals surface area contributed by atoms with E-state index in [-0.39, 0.29) is 17.2 Å². The summed E-state index contributed by atoms with van der Waals surface area (Å²) in [6.07, 6.45) is 0. The van der Waals surface area contributed by atoms with E-state index in [1.807, 2.05) is 0 Å². The van der Waals surface area contributed by atoms with E-state index >= 15 is 0 Å². The normalized spacial score (nSPS) is 10.6. The average Bonchev–Trinajstić information content (AvgIpc) is 2.77. The second-order valence-corrected chi connectivity index (χ2v) is 4.66. The van der Waals surface area contributed by atoms with E-state index < -0.39 is 5.97 Å². The van der Waals surface area contributed by atoms with Gasteiger partial charge in [0, 0.05) is 23.2 Å². The van der Waals surface area contributed by atoms with Crippen molar-refractivity contribution in [1.82, 2.24) is 9.78 Å². The maximum absolute atomic E-state index is 10.9. The Morgan fingerprint density at radius 3 is 2.60 bits per heavy atom. The van der Waals surface area contributed by atoms with Crippen LogP contribution in [0, 0.1) is 6.92 Å². The number of benzene rings is 1. The summed E-state index contributed by atoms with van der Waals surface area (Å²) in [4.78, 5) is 10.9. The number of aryl methyl sites for hydroxylation is 1. The topological polar surface area (TPSA) is 84.6 Å². The van der Waals surface area contributed by atoms with Crippen molar-refractivity contribution in [3.05, 3.63) is 28.4 Å². The van der Waals surface area contributed by atoms with E-state index in [4.69, 9.17) is 21.4 Å². The van der Waals surface area contributed by atoms with Gasteiger partial charge < -0.3 is 14.9 Å². The van der Waals surface area contributed by atoms with Gasteiger partial charge in [0.25, 0.3) is 0 Å². The lowest BCUT2D eigenvalue weighted by molar-refractivity contribution is 0.0689. The van der Waals surface area contributed by atoms with Crippen molar-refractivity contribution in [3.63, 3.8) is 0 Å². The lowest BCUT2D eigenvalue weighted by atomic mass is 10.1. The highest BCUT2D eigenvalue weighted by molar-refractivity contribution is 6.32. The highest BCUT2D eigenvalue weighted by atomic mass is 35.5. The summed E-state index contributed by atoms with van der Waals surface area (Å²) < 4.78 is 6.50. The fourth-order valence-corrected chi connectivity index (χ4v) is 2.18. The van der Waals surface area contributed by atoms with E-state index in [0.717, 1.165) is 0 Å². The van der Waals surface area contributed by atoms with Crippen LogP contribution in [0.5, 0.6) is 11.5 Å². The standard InChI is InChI=1S/C13H13ClN2O4/c1-6-8(14)4-7(11(17)12(6)20-3)10-5-9(13(18)19)15-16(10)2/h4-5,17H,1-3H3,(H,18,19). The first-order chi connectivity index (χ1) is 9.36. The Hall–Kier alpha value is -2.21. The number of hydrogen-bond acceptors (Lipinski definition) is 4. The molecule has 0 saturated carbocycles. The van der Waals surface area contributed by atoms with Crippen molar-refractivity contribution >= 4 is 17.6 Å². The number of nitrogens with zero attached hydrogens (tertiary/aromatic N) is 2. The van der Waals surface area contributed by atoms with Gasteiger partial charge in [0.1, 0.15) is 0 Å². The molecule has 0 saturated heterocycles. The maximum Gasteiger partial charge on any atom is 0.356 e. The highest BCUT2D eigenvalue weighted by Crippen LogP contribution is 2.42. The molecule has 0 amide bonds. The van der Waals surface area contributed by atoms with E-state index in [1.54, 1.807) is 20.0 Å². The molecule has 6 nitrogen and oxygen atoms in total.